The second-order valence-corrected chi connectivity index (χ2v) is 6.80. The molecule has 0 bridgehead atoms. The Labute approximate surface area is 137 Å². The largest absolute Gasteiger partial charge is 0.444 e. The maximum absolute atomic E-state index is 11.8. The number of guanidine groups is 1. The van der Waals surface area contributed by atoms with E-state index in [9.17, 15) is 14.4 Å². The summed E-state index contributed by atoms with van der Waals surface area (Å²) in [6.45, 7) is 10.6. The molecule has 0 atom stereocenters. The van der Waals surface area contributed by atoms with E-state index < -0.39 is 23.4 Å². The molecule has 0 aliphatic heterocycles. The van der Waals surface area contributed by atoms with Gasteiger partial charge in [0.2, 0.25) is 5.96 Å². The van der Waals surface area contributed by atoms with E-state index in [-0.39, 0.29) is 5.96 Å². The van der Waals surface area contributed by atoms with Crippen LogP contribution in [0.4, 0.5) is 9.59 Å². The molecule has 0 fully saturated rings. The van der Waals surface area contributed by atoms with E-state index >= 15 is 0 Å². The zero-order valence-corrected chi connectivity index (χ0v) is 14.7. The summed E-state index contributed by atoms with van der Waals surface area (Å²) in [5, 5.41) is 5.12. The molecule has 132 valence electrons. The zero-order chi connectivity index (χ0) is 18.1. The minimum atomic E-state index is -0.841. The molecular weight excluding hydrogens is 302 g/mol. The number of amides is 2. The van der Waals surface area contributed by atoms with E-state index in [1.807, 2.05) is 0 Å². The van der Waals surface area contributed by atoms with Crippen molar-refractivity contribution in [2.75, 3.05) is 6.54 Å². The van der Waals surface area contributed by atoms with Crippen LogP contribution in [0.25, 0.3) is 0 Å². The van der Waals surface area contributed by atoms with Crippen LogP contribution in [0.2, 0.25) is 0 Å². The number of nitrogens with zero attached hydrogens (tertiary/aromatic N) is 1. The molecule has 0 radical (unpaired) electrons. The van der Waals surface area contributed by atoms with Crippen LogP contribution in [-0.2, 0) is 14.3 Å². The topological polar surface area (TPSA) is 106 Å². The quantitative estimate of drug-likeness (QED) is 0.355. The third-order valence-corrected chi connectivity index (χ3v) is 2.01. The van der Waals surface area contributed by atoms with Crippen molar-refractivity contribution >= 4 is 24.4 Å². The lowest BCUT2D eigenvalue weighted by Gasteiger charge is -2.21. The van der Waals surface area contributed by atoms with Crippen LogP contribution >= 0.6 is 0 Å². The third kappa shape index (κ3) is 13.3. The van der Waals surface area contributed by atoms with Crippen molar-refractivity contribution in [3.63, 3.8) is 0 Å². The van der Waals surface area contributed by atoms with Crippen LogP contribution in [-0.4, -0.2) is 42.2 Å². The Morgan fingerprint density at radius 2 is 1.61 bits per heavy atom. The van der Waals surface area contributed by atoms with Gasteiger partial charge in [0, 0.05) is 13.0 Å². The highest BCUT2D eigenvalue weighted by molar-refractivity contribution is 5.98. The van der Waals surface area contributed by atoms with Gasteiger partial charge in [-0.3, -0.25) is 5.32 Å². The summed E-state index contributed by atoms with van der Waals surface area (Å²) in [7, 11) is 0. The summed E-state index contributed by atoms with van der Waals surface area (Å²) >= 11 is 0. The molecule has 2 amide bonds. The van der Waals surface area contributed by atoms with Crippen molar-refractivity contribution in [2.24, 2.45) is 4.99 Å². The van der Waals surface area contributed by atoms with Crippen molar-refractivity contribution in [1.29, 1.82) is 0 Å². The molecule has 0 aromatic heterocycles. The van der Waals surface area contributed by atoms with Crippen molar-refractivity contribution in [3.05, 3.63) is 0 Å². The number of unbranched alkanes of at least 4 members (excludes halogenated alkanes) is 1. The highest BCUT2D eigenvalue weighted by Gasteiger charge is 2.20. The van der Waals surface area contributed by atoms with Gasteiger partial charge in [-0.15, -0.1) is 4.99 Å². The number of nitrogens with one attached hydrogen (secondary N) is 2. The fourth-order valence-corrected chi connectivity index (χ4v) is 1.28. The third-order valence-electron chi connectivity index (χ3n) is 2.01. The lowest BCUT2D eigenvalue weighted by Crippen LogP contribution is -2.44. The van der Waals surface area contributed by atoms with Gasteiger partial charge in [0.15, 0.2) is 0 Å². The highest BCUT2D eigenvalue weighted by Crippen LogP contribution is 2.08. The minimum Gasteiger partial charge on any atom is -0.444 e. The first kappa shape index (κ1) is 20.9. The Morgan fingerprint density at radius 3 is 2.09 bits per heavy atom. The highest BCUT2D eigenvalue weighted by atomic mass is 16.6. The van der Waals surface area contributed by atoms with Crippen LogP contribution in [0.1, 0.15) is 54.4 Å². The summed E-state index contributed by atoms with van der Waals surface area (Å²) in [5.41, 5.74) is -1.38. The first-order valence-electron chi connectivity index (χ1n) is 7.42. The van der Waals surface area contributed by atoms with Gasteiger partial charge in [0.1, 0.15) is 17.5 Å². The van der Waals surface area contributed by atoms with Crippen LogP contribution in [0.15, 0.2) is 4.99 Å². The number of hydrogen-bond acceptors (Lipinski definition) is 5. The molecule has 0 spiro atoms. The monoisotopic (exact) mass is 329 g/mol. The molecule has 0 saturated carbocycles. The van der Waals surface area contributed by atoms with E-state index in [1.165, 1.54) is 0 Å². The van der Waals surface area contributed by atoms with Gasteiger partial charge in [-0.2, -0.15) is 0 Å². The Balaban J connectivity index is 4.82. The molecule has 0 aliphatic carbocycles. The summed E-state index contributed by atoms with van der Waals surface area (Å²) in [6.07, 6.45) is 0.0915. The van der Waals surface area contributed by atoms with Crippen LogP contribution < -0.4 is 10.6 Å². The maximum Gasteiger partial charge on any atom is 0.437 e. The summed E-state index contributed by atoms with van der Waals surface area (Å²) < 4.78 is 10.2. The van der Waals surface area contributed by atoms with E-state index in [4.69, 9.17) is 9.47 Å². The molecule has 0 aromatic rings. The van der Waals surface area contributed by atoms with E-state index in [0.717, 1.165) is 6.29 Å². The smallest absolute Gasteiger partial charge is 0.437 e. The SMILES string of the molecule is CC(C)(C)OC(=O)/N=C(/NCCCC=O)NC(=O)OC(C)(C)C. The van der Waals surface area contributed by atoms with Crippen molar-refractivity contribution < 1.29 is 23.9 Å². The first-order valence-corrected chi connectivity index (χ1v) is 7.42. The van der Waals surface area contributed by atoms with Gasteiger partial charge < -0.3 is 19.6 Å². The predicted molar refractivity (Wildman–Crippen MR) is 86.3 cm³/mol. The molecule has 0 heterocycles. The fraction of sp³-hybridized carbons (Fsp3) is 0.733. The number of rotatable bonds is 4. The number of carbonyl (C=O) groups is 3. The molecule has 8 nitrogen and oxygen atoms in total. The van der Waals surface area contributed by atoms with Crippen LogP contribution in [0, 0.1) is 0 Å². The Morgan fingerprint density at radius 1 is 1.04 bits per heavy atom. The molecule has 0 aliphatic rings. The Kier molecular flexibility index (Phi) is 8.28. The zero-order valence-electron chi connectivity index (χ0n) is 14.7. The van der Waals surface area contributed by atoms with Gasteiger partial charge in [-0.25, -0.2) is 9.59 Å². The van der Waals surface area contributed by atoms with Gasteiger partial charge in [-0.05, 0) is 48.0 Å². The number of hydrogen-bond donors (Lipinski definition) is 2. The lowest BCUT2D eigenvalue weighted by molar-refractivity contribution is -0.107. The van der Waals surface area contributed by atoms with Gasteiger partial charge in [-0.1, -0.05) is 0 Å². The molecule has 0 rings (SSSR count). The molecule has 0 unspecified atom stereocenters. The van der Waals surface area contributed by atoms with Crippen LogP contribution in [0.3, 0.4) is 0 Å². The van der Waals surface area contributed by atoms with Crippen molar-refractivity contribution in [3.8, 4) is 0 Å². The summed E-state index contributed by atoms with van der Waals surface area (Å²) in [4.78, 5) is 37.5. The van der Waals surface area contributed by atoms with Crippen molar-refractivity contribution in [2.45, 2.75) is 65.6 Å². The predicted octanol–water partition coefficient (Wildman–Crippen LogP) is 2.37. The first-order chi connectivity index (χ1) is 10.4. The van der Waals surface area contributed by atoms with Gasteiger partial charge >= 0.3 is 12.2 Å². The number of carbonyl (C=O) groups excluding carboxylic acids is 3. The van der Waals surface area contributed by atoms with Gasteiger partial charge in [0.25, 0.3) is 0 Å². The summed E-state index contributed by atoms with van der Waals surface area (Å²) in [6, 6.07) is 0. The molecule has 2 N–H and O–H groups in total. The number of aldehydes is 1. The van der Waals surface area contributed by atoms with E-state index in [2.05, 4.69) is 15.6 Å². The lowest BCUT2D eigenvalue weighted by atomic mass is 10.2. The molecular formula is C15H27N3O5. The molecule has 23 heavy (non-hydrogen) atoms. The minimum absolute atomic E-state index is 0.0839. The van der Waals surface area contributed by atoms with Crippen molar-refractivity contribution in [1.82, 2.24) is 10.6 Å². The second-order valence-electron chi connectivity index (χ2n) is 6.80. The number of alkyl carbamates (subject to hydrolysis) is 1. The standard InChI is InChI=1S/C15H27N3O5/c1-14(2,3)22-12(20)17-11(16-9-7-8-10-19)18-13(21)23-15(4,5)6/h10H,7-9H2,1-6H3,(H2,16,17,18,20,21). The Bertz CT molecular complexity index is 447. The Hall–Kier alpha value is -2.12. The van der Waals surface area contributed by atoms with Gasteiger partial charge in [0.05, 0.1) is 0 Å². The normalized spacial score (nSPS) is 12.3. The maximum atomic E-state index is 11.8. The van der Waals surface area contributed by atoms with E-state index in [0.29, 0.717) is 19.4 Å². The summed E-state index contributed by atoms with van der Waals surface area (Å²) in [5.74, 6) is -0.0839. The average Bonchev–Trinajstić information content (AvgIpc) is 2.29. The van der Waals surface area contributed by atoms with E-state index in [1.54, 1.807) is 41.5 Å². The molecule has 0 saturated heterocycles. The molecule has 8 heteroatoms. The number of aliphatic imine (C=N–C) groups is 1. The fourth-order valence-electron chi connectivity index (χ4n) is 1.28. The molecule has 0 aromatic carbocycles. The van der Waals surface area contributed by atoms with Crippen LogP contribution in [0.5, 0.6) is 0 Å². The average molecular weight is 329 g/mol. The second kappa shape index (κ2) is 9.12. The number of ether oxygens (including phenoxy) is 2.